The molecule has 0 atom stereocenters. The van der Waals surface area contributed by atoms with E-state index in [1.807, 2.05) is 14.1 Å². The molecule has 7 nitrogen and oxygen atoms in total. The van der Waals surface area contributed by atoms with E-state index in [1.165, 1.54) is 16.9 Å². The van der Waals surface area contributed by atoms with Gasteiger partial charge in [0.1, 0.15) is 5.82 Å². The van der Waals surface area contributed by atoms with Crippen LogP contribution in [0.25, 0.3) is 0 Å². The van der Waals surface area contributed by atoms with Gasteiger partial charge in [0.25, 0.3) is 0 Å². The summed E-state index contributed by atoms with van der Waals surface area (Å²) in [4.78, 5) is 24.4. The lowest BCUT2D eigenvalue weighted by Crippen LogP contribution is -2.47. The third kappa shape index (κ3) is 5.92. The lowest BCUT2D eigenvalue weighted by atomic mass is 9.90. The molecule has 1 aromatic rings. The number of carbonyl (C=O) groups is 1. The molecule has 2 aliphatic carbocycles. The molecule has 162 valence electrons. The van der Waals surface area contributed by atoms with Gasteiger partial charge in [-0.3, -0.25) is 0 Å². The SMILES string of the molecule is CN(C)c1nc(NC2CCC(N(CC(Cl)(Cl)Cl)C(=O)O)CC2)nc2c1CCCC2. The van der Waals surface area contributed by atoms with Crippen molar-refractivity contribution in [3.8, 4) is 0 Å². The van der Waals surface area contributed by atoms with Gasteiger partial charge >= 0.3 is 6.09 Å². The van der Waals surface area contributed by atoms with Crippen molar-refractivity contribution < 1.29 is 9.90 Å². The lowest BCUT2D eigenvalue weighted by Gasteiger charge is -2.37. The van der Waals surface area contributed by atoms with Crippen molar-refractivity contribution in [2.45, 2.75) is 67.2 Å². The average Bonchev–Trinajstić information content (AvgIpc) is 2.65. The topological polar surface area (TPSA) is 81.6 Å². The zero-order chi connectivity index (χ0) is 21.2. The Hall–Kier alpha value is -1.18. The molecule has 1 fully saturated rings. The van der Waals surface area contributed by atoms with Gasteiger partial charge in [-0.05, 0) is 51.4 Å². The van der Waals surface area contributed by atoms with Crippen LogP contribution in [0.15, 0.2) is 0 Å². The normalized spacial score (nSPS) is 22.0. The van der Waals surface area contributed by atoms with Gasteiger partial charge < -0.3 is 20.2 Å². The molecule has 29 heavy (non-hydrogen) atoms. The fourth-order valence-corrected chi connectivity index (χ4v) is 4.66. The minimum Gasteiger partial charge on any atom is -0.465 e. The molecule has 10 heteroatoms. The first-order valence-corrected chi connectivity index (χ1v) is 11.2. The second-order valence-corrected chi connectivity index (χ2v) is 10.6. The summed E-state index contributed by atoms with van der Waals surface area (Å²) < 4.78 is -1.62. The first kappa shape index (κ1) is 22.5. The van der Waals surface area contributed by atoms with Crippen LogP contribution in [-0.4, -0.2) is 62.6 Å². The Morgan fingerprint density at radius 2 is 1.79 bits per heavy atom. The van der Waals surface area contributed by atoms with Crippen LogP contribution in [0.4, 0.5) is 16.6 Å². The number of nitrogens with one attached hydrogen (secondary N) is 1. The Morgan fingerprint density at radius 1 is 1.14 bits per heavy atom. The van der Waals surface area contributed by atoms with Crippen molar-refractivity contribution in [2.24, 2.45) is 0 Å². The van der Waals surface area contributed by atoms with E-state index in [0.717, 1.165) is 43.6 Å². The molecule has 0 aliphatic heterocycles. The summed E-state index contributed by atoms with van der Waals surface area (Å²) in [5.74, 6) is 1.65. The molecular weight excluding hydrogens is 437 g/mol. The molecule has 0 aromatic carbocycles. The zero-order valence-electron chi connectivity index (χ0n) is 16.8. The maximum Gasteiger partial charge on any atom is 0.407 e. The molecule has 0 bridgehead atoms. The number of carboxylic acid groups (broad SMARTS) is 1. The van der Waals surface area contributed by atoms with Crippen molar-refractivity contribution in [1.82, 2.24) is 14.9 Å². The van der Waals surface area contributed by atoms with E-state index in [4.69, 9.17) is 44.8 Å². The van der Waals surface area contributed by atoms with Gasteiger partial charge in [-0.1, -0.05) is 34.8 Å². The Bertz CT molecular complexity index is 733. The van der Waals surface area contributed by atoms with E-state index in [0.29, 0.717) is 18.8 Å². The minimum atomic E-state index is -1.62. The maximum absolute atomic E-state index is 11.6. The van der Waals surface area contributed by atoms with Crippen LogP contribution < -0.4 is 10.2 Å². The number of alkyl halides is 3. The second-order valence-electron chi connectivity index (χ2n) is 8.07. The number of fused-ring (bicyclic) bond motifs is 1. The van der Waals surface area contributed by atoms with E-state index in [1.54, 1.807) is 0 Å². The van der Waals surface area contributed by atoms with Crippen molar-refractivity contribution in [3.05, 3.63) is 11.3 Å². The van der Waals surface area contributed by atoms with Gasteiger partial charge in [-0.15, -0.1) is 0 Å². The number of hydrogen-bond acceptors (Lipinski definition) is 5. The van der Waals surface area contributed by atoms with Gasteiger partial charge in [0, 0.05) is 31.7 Å². The predicted molar refractivity (Wildman–Crippen MR) is 118 cm³/mol. The predicted octanol–water partition coefficient (Wildman–Crippen LogP) is 4.49. The highest BCUT2D eigenvalue weighted by atomic mass is 35.6. The largest absolute Gasteiger partial charge is 0.465 e. The van der Waals surface area contributed by atoms with Crippen molar-refractivity contribution >= 4 is 52.7 Å². The quantitative estimate of drug-likeness (QED) is 0.625. The van der Waals surface area contributed by atoms with Crippen LogP contribution in [-0.2, 0) is 12.8 Å². The first-order valence-electron chi connectivity index (χ1n) is 10.0. The van der Waals surface area contributed by atoms with Crippen LogP contribution >= 0.6 is 34.8 Å². The molecule has 0 spiro atoms. The fraction of sp³-hybridized carbons (Fsp3) is 0.737. The standard InChI is InChI=1S/C19H28Cl3N5O2/c1-26(2)16-14-5-3-4-6-15(14)24-17(25-16)23-12-7-9-13(10-8-12)27(18(28)29)11-19(20,21)22/h12-13H,3-11H2,1-2H3,(H,28,29)(H,23,24,25). The molecule has 1 heterocycles. The van der Waals surface area contributed by atoms with Gasteiger partial charge in [0.05, 0.1) is 12.2 Å². The molecule has 0 unspecified atom stereocenters. The van der Waals surface area contributed by atoms with Gasteiger partial charge in [0.2, 0.25) is 9.74 Å². The summed E-state index contributed by atoms with van der Waals surface area (Å²) in [6.45, 7) is -0.129. The lowest BCUT2D eigenvalue weighted by molar-refractivity contribution is 0.111. The molecule has 1 aromatic heterocycles. The molecule has 1 amide bonds. The van der Waals surface area contributed by atoms with E-state index in [2.05, 4.69) is 10.2 Å². The average molecular weight is 465 g/mol. The number of anilines is 2. The van der Waals surface area contributed by atoms with Crippen LogP contribution in [0, 0.1) is 0 Å². The van der Waals surface area contributed by atoms with Gasteiger partial charge in [0.15, 0.2) is 0 Å². The van der Waals surface area contributed by atoms with Gasteiger partial charge in [-0.2, -0.15) is 4.98 Å². The smallest absolute Gasteiger partial charge is 0.407 e. The second kappa shape index (κ2) is 9.31. The van der Waals surface area contributed by atoms with Crippen LogP contribution in [0.3, 0.4) is 0 Å². The first-order chi connectivity index (χ1) is 13.6. The summed E-state index contributed by atoms with van der Waals surface area (Å²) in [5.41, 5.74) is 2.41. The number of hydrogen-bond donors (Lipinski definition) is 2. The van der Waals surface area contributed by atoms with Crippen LogP contribution in [0.2, 0.25) is 0 Å². The van der Waals surface area contributed by atoms with Crippen molar-refractivity contribution in [3.63, 3.8) is 0 Å². The van der Waals surface area contributed by atoms with E-state index in [-0.39, 0.29) is 18.6 Å². The summed E-state index contributed by atoms with van der Waals surface area (Å²) >= 11 is 17.5. The number of halogens is 3. The number of rotatable bonds is 5. The summed E-state index contributed by atoms with van der Waals surface area (Å²) in [7, 11) is 4.02. The van der Waals surface area contributed by atoms with E-state index in [9.17, 15) is 9.90 Å². The summed E-state index contributed by atoms with van der Waals surface area (Å²) in [6.07, 6.45) is 6.34. The molecule has 0 radical (unpaired) electrons. The molecule has 2 N–H and O–H groups in total. The number of aryl methyl sites for hydroxylation is 1. The van der Waals surface area contributed by atoms with Crippen LogP contribution in [0.5, 0.6) is 0 Å². The van der Waals surface area contributed by atoms with Crippen molar-refractivity contribution in [1.29, 1.82) is 0 Å². The third-order valence-electron chi connectivity index (χ3n) is 5.65. The molecule has 1 saturated carbocycles. The van der Waals surface area contributed by atoms with E-state index < -0.39 is 9.89 Å². The highest BCUT2D eigenvalue weighted by Gasteiger charge is 2.34. The Labute approximate surface area is 186 Å². The van der Waals surface area contributed by atoms with Crippen molar-refractivity contribution in [2.75, 3.05) is 30.9 Å². The Morgan fingerprint density at radius 3 is 2.38 bits per heavy atom. The highest BCUT2D eigenvalue weighted by molar-refractivity contribution is 6.67. The van der Waals surface area contributed by atoms with Crippen LogP contribution in [0.1, 0.15) is 49.8 Å². The minimum absolute atomic E-state index is 0.129. The maximum atomic E-state index is 11.6. The Kier molecular flexibility index (Phi) is 7.23. The molecule has 2 aliphatic rings. The monoisotopic (exact) mass is 463 g/mol. The number of aromatic nitrogens is 2. The molecule has 0 saturated heterocycles. The number of nitrogens with zero attached hydrogens (tertiary/aromatic N) is 4. The summed E-state index contributed by atoms with van der Waals surface area (Å²) in [6, 6.07) is 0.0503. The van der Waals surface area contributed by atoms with E-state index >= 15 is 0 Å². The van der Waals surface area contributed by atoms with Gasteiger partial charge in [-0.25, -0.2) is 9.78 Å². The molecular formula is C19H28Cl3N5O2. The zero-order valence-corrected chi connectivity index (χ0v) is 19.1. The Balaban J connectivity index is 1.65. The molecule has 3 rings (SSSR count). The third-order valence-corrected chi connectivity index (χ3v) is 6.01. The highest BCUT2D eigenvalue weighted by Crippen LogP contribution is 2.33. The fourth-order valence-electron chi connectivity index (χ4n) is 4.27. The number of amides is 1. The summed E-state index contributed by atoms with van der Waals surface area (Å²) in [5, 5.41) is 13.0.